The summed E-state index contributed by atoms with van der Waals surface area (Å²) in [5.41, 5.74) is 0. The highest BCUT2D eigenvalue weighted by Gasteiger charge is 2.19. The molecule has 0 aromatic rings. The molecule has 0 amide bonds. The van der Waals surface area contributed by atoms with Gasteiger partial charge in [-0.3, -0.25) is 14.4 Å². The lowest BCUT2D eigenvalue weighted by Gasteiger charge is -2.18. The van der Waals surface area contributed by atoms with E-state index in [1.165, 1.54) is 70.6 Å². The van der Waals surface area contributed by atoms with Crippen molar-refractivity contribution in [1.82, 2.24) is 0 Å². The van der Waals surface area contributed by atoms with Crippen molar-refractivity contribution in [2.24, 2.45) is 0 Å². The second-order valence-electron chi connectivity index (χ2n) is 21.6. The summed E-state index contributed by atoms with van der Waals surface area (Å²) in [7, 11) is 0. The highest BCUT2D eigenvalue weighted by Crippen LogP contribution is 2.15. The molecule has 0 aromatic heterocycles. The van der Waals surface area contributed by atoms with E-state index < -0.39 is 6.10 Å². The lowest BCUT2D eigenvalue weighted by molar-refractivity contribution is -0.167. The van der Waals surface area contributed by atoms with Gasteiger partial charge in [-0.15, -0.1) is 0 Å². The van der Waals surface area contributed by atoms with Gasteiger partial charge in [0.15, 0.2) is 6.10 Å². The van der Waals surface area contributed by atoms with Crippen LogP contribution in [0.3, 0.4) is 0 Å². The monoisotopic (exact) mass is 1130 g/mol. The fourth-order valence-electron chi connectivity index (χ4n) is 8.80. The van der Waals surface area contributed by atoms with Crippen molar-refractivity contribution >= 4 is 17.9 Å². The minimum Gasteiger partial charge on any atom is -0.462 e. The van der Waals surface area contributed by atoms with Crippen molar-refractivity contribution in [3.05, 3.63) is 158 Å². The standard InChI is InChI=1S/C76H122O6/c1-4-7-10-13-16-19-22-25-27-29-31-33-35-37-38-40-41-43-45-47-49-51-54-57-60-63-66-69-75(78)81-72-73(71-80-74(77)68-65-62-59-56-53-24-21-18-15-12-9-6-3)82-76(79)70-67-64-61-58-55-52-50-48-46-44-42-39-36-34-32-30-28-26-23-20-17-14-11-8-5-2/h7-8,10-11,16-21,25-28,31-34,37-39,41-43,47,49,73H,4-6,9,12-15,22-24,29-30,35-36,40,44-46,48,50-72H2,1-3H3/b10-7-,11-8-,19-16-,20-17-,21-18-,27-25-,28-26-,33-31-,34-32-,38-37-,42-39-,43-41-,49-47-. The van der Waals surface area contributed by atoms with Gasteiger partial charge in [-0.25, -0.2) is 0 Å². The number of hydrogen-bond acceptors (Lipinski definition) is 6. The topological polar surface area (TPSA) is 78.9 Å². The lowest BCUT2D eigenvalue weighted by Crippen LogP contribution is -2.30. The Morgan fingerprint density at radius 2 is 0.476 bits per heavy atom. The van der Waals surface area contributed by atoms with Crippen LogP contribution in [-0.4, -0.2) is 37.2 Å². The third kappa shape index (κ3) is 65.8. The minimum absolute atomic E-state index is 0.0966. The number of hydrogen-bond donors (Lipinski definition) is 0. The first-order valence-electron chi connectivity index (χ1n) is 33.5. The van der Waals surface area contributed by atoms with Gasteiger partial charge in [-0.05, 0) is 148 Å². The van der Waals surface area contributed by atoms with Gasteiger partial charge in [0.2, 0.25) is 0 Å². The number of unbranched alkanes of at least 4 members (excludes halogenated alkanes) is 22. The van der Waals surface area contributed by atoms with Gasteiger partial charge in [0, 0.05) is 19.3 Å². The molecule has 0 rings (SSSR count). The van der Waals surface area contributed by atoms with Crippen LogP contribution in [-0.2, 0) is 28.6 Å². The largest absolute Gasteiger partial charge is 0.462 e. The Hall–Kier alpha value is -4.97. The maximum atomic E-state index is 12.9. The van der Waals surface area contributed by atoms with Gasteiger partial charge >= 0.3 is 17.9 Å². The zero-order valence-corrected chi connectivity index (χ0v) is 52.9. The van der Waals surface area contributed by atoms with Crippen molar-refractivity contribution in [3.63, 3.8) is 0 Å². The van der Waals surface area contributed by atoms with Crippen LogP contribution in [0.5, 0.6) is 0 Å². The number of allylic oxidation sites excluding steroid dienone is 26. The molecule has 0 saturated heterocycles. The summed E-state index contributed by atoms with van der Waals surface area (Å²) in [4.78, 5) is 38.4. The zero-order chi connectivity index (χ0) is 59.2. The van der Waals surface area contributed by atoms with Crippen LogP contribution in [0.15, 0.2) is 158 Å². The first-order chi connectivity index (χ1) is 40.5. The highest BCUT2D eigenvalue weighted by atomic mass is 16.6. The van der Waals surface area contributed by atoms with Crippen molar-refractivity contribution in [2.75, 3.05) is 13.2 Å². The minimum atomic E-state index is -0.802. The SMILES string of the molecule is CC/C=C\C/C=C\C/C=C\C/C=C\C/C=C\C/C=C\C/C=C\CCCCCCCC(=O)OCC(COC(=O)CCCCCCC/C=C\CCCCC)OC(=O)CCCCCCCCCCC/C=C\C/C=C\C/C=C\C/C=C\C/C=C\CC. The Labute approximate surface area is 505 Å². The molecule has 1 unspecified atom stereocenters. The van der Waals surface area contributed by atoms with Gasteiger partial charge in [0.1, 0.15) is 13.2 Å². The molecule has 0 N–H and O–H groups in total. The molecule has 0 radical (unpaired) electrons. The second-order valence-corrected chi connectivity index (χ2v) is 21.6. The van der Waals surface area contributed by atoms with E-state index in [1.807, 2.05) is 0 Å². The molecule has 6 nitrogen and oxygen atoms in total. The average molecular weight is 1130 g/mol. The maximum Gasteiger partial charge on any atom is 0.306 e. The first-order valence-corrected chi connectivity index (χ1v) is 33.5. The molecule has 0 aliphatic carbocycles. The van der Waals surface area contributed by atoms with E-state index in [1.54, 1.807) is 0 Å². The van der Waals surface area contributed by atoms with Crippen LogP contribution in [0.4, 0.5) is 0 Å². The van der Waals surface area contributed by atoms with Crippen molar-refractivity contribution in [2.45, 2.75) is 290 Å². The Morgan fingerprint density at radius 1 is 0.256 bits per heavy atom. The van der Waals surface area contributed by atoms with E-state index in [0.717, 1.165) is 173 Å². The van der Waals surface area contributed by atoms with E-state index in [4.69, 9.17) is 14.2 Å². The summed E-state index contributed by atoms with van der Waals surface area (Å²) in [5, 5.41) is 0. The molecule has 0 aliphatic rings. The first kappa shape index (κ1) is 77.0. The summed E-state index contributed by atoms with van der Waals surface area (Å²) < 4.78 is 16.9. The Kier molecular flexibility index (Phi) is 64.4. The Morgan fingerprint density at radius 3 is 0.756 bits per heavy atom. The quantitative estimate of drug-likeness (QED) is 0.0261. The summed E-state index contributed by atoms with van der Waals surface area (Å²) in [6.45, 7) is 6.36. The maximum absolute atomic E-state index is 12.9. The van der Waals surface area contributed by atoms with Crippen LogP contribution < -0.4 is 0 Å². The van der Waals surface area contributed by atoms with Gasteiger partial charge in [0.05, 0.1) is 0 Å². The van der Waals surface area contributed by atoms with Crippen LogP contribution >= 0.6 is 0 Å². The van der Waals surface area contributed by atoms with Crippen LogP contribution in [0, 0.1) is 0 Å². The smallest absolute Gasteiger partial charge is 0.306 e. The summed E-state index contributed by atoms with van der Waals surface area (Å²) in [5.74, 6) is -0.931. The van der Waals surface area contributed by atoms with Crippen LogP contribution in [0.2, 0.25) is 0 Å². The number of rotatable bonds is 59. The molecule has 6 heteroatoms. The van der Waals surface area contributed by atoms with Gasteiger partial charge < -0.3 is 14.2 Å². The van der Waals surface area contributed by atoms with E-state index in [9.17, 15) is 14.4 Å². The van der Waals surface area contributed by atoms with E-state index in [-0.39, 0.29) is 31.1 Å². The predicted molar refractivity (Wildman–Crippen MR) is 357 cm³/mol. The molecule has 0 saturated carbocycles. The van der Waals surface area contributed by atoms with E-state index >= 15 is 0 Å². The summed E-state index contributed by atoms with van der Waals surface area (Å²) in [6.07, 6.45) is 99.6. The fourth-order valence-corrected chi connectivity index (χ4v) is 8.80. The molecular weight excluding hydrogens is 1010 g/mol. The number of esters is 3. The van der Waals surface area contributed by atoms with Gasteiger partial charge in [-0.2, -0.15) is 0 Å². The van der Waals surface area contributed by atoms with Crippen molar-refractivity contribution in [1.29, 1.82) is 0 Å². The normalized spacial score (nSPS) is 13.2. The molecule has 82 heavy (non-hydrogen) atoms. The molecule has 1 atom stereocenters. The number of ether oxygens (including phenoxy) is 3. The summed E-state index contributed by atoms with van der Waals surface area (Å²) in [6, 6.07) is 0. The molecule has 0 bridgehead atoms. The lowest BCUT2D eigenvalue weighted by atomic mass is 10.1. The van der Waals surface area contributed by atoms with E-state index in [0.29, 0.717) is 19.3 Å². The highest BCUT2D eigenvalue weighted by molar-refractivity contribution is 5.71. The molecule has 0 spiro atoms. The molecule has 0 aliphatic heterocycles. The molecule has 462 valence electrons. The van der Waals surface area contributed by atoms with Crippen molar-refractivity contribution in [3.8, 4) is 0 Å². The number of carbonyl (C=O) groups excluding carboxylic acids is 3. The predicted octanol–water partition coefficient (Wildman–Crippen LogP) is 23.3. The van der Waals surface area contributed by atoms with E-state index in [2.05, 4.69) is 179 Å². The zero-order valence-electron chi connectivity index (χ0n) is 52.9. The molecule has 0 fully saturated rings. The molecule has 0 heterocycles. The van der Waals surface area contributed by atoms with Gasteiger partial charge in [0.25, 0.3) is 0 Å². The third-order valence-electron chi connectivity index (χ3n) is 13.7. The molecule has 0 aromatic carbocycles. The van der Waals surface area contributed by atoms with Crippen molar-refractivity contribution < 1.29 is 28.6 Å². The Balaban J connectivity index is 4.39. The van der Waals surface area contributed by atoms with Gasteiger partial charge in [-0.1, -0.05) is 275 Å². The molecular formula is C76H122O6. The van der Waals surface area contributed by atoms with Crippen LogP contribution in [0.1, 0.15) is 284 Å². The average Bonchev–Trinajstić information content (AvgIpc) is 3.47. The third-order valence-corrected chi connectivity index (χ3v) is 13.7. The summed E-state index contributed by atoms with van der Waals surface area (Å²) >= 11 is 0. The second kappa shape index (κ2) is 68.5. The number of carbonyl (C=O) groups is 3. The van der Waals surface area contributed by atoms with Crippen LogP contribution in [0.25, 0.3) is 0 Å². The fraction of sp³-hybridized carbons (Fsp3) is 0.618. The Bertz CT molecular complexity index is 1830.